The van der Waals surface area contributed by atoms with E-state index in [-0.39, 0.29) is 11.9 Å². The molecule has 21 heavy (non-hydrogen) atoms. The molecule has 0 spiro atoms. The average Bonchev–Trinajstić information content (AvgIpc) is 2.91. The van der Waals surface area contributed by atoms with Gasteiger partial charge in [-0.15, -0.1) is 11.8 Å². The van der Waals surface area contributed by atoms with E-state index >= 15 is 0 Å². The third kappa shape index (κ3) is 2.82. The van der Waals surface area contributed by atoms with Crippen molar-refractivity contribution in [2.24, 2.45) is 10.9 Å². The first-order chi connectivity index (χ1) is 10.2. The molecule has 1 aliphatic heterocycles. The largest absolute Gasteiger partial charge is 0.409 e. The van der Waals surface area contributed by atoms with Gasteiger partial charge in [0.25, 0.3) is 0 Å². The van der Waals surface area contributed by atoms with E-state index < -0.39 is 0 Å². The van der Waals surface area contributed by atoms with Gasteiger partial charge in [-0.25, -0.2) is 4.98 Å². The second-order valence-electron chi connectivity index (χ2n) is 5.03. The van der Waals surface area contributed by atoms with Gasteiger partial charge < -0.3 is 15.7 Å². The number of fused-ring (bicyclic) bond motifs is 1. The van der Waals surface area contributed by atoms with Crippen LogP contribution in [0.25, 0.3) is 10.9 Å². The van der Waals surface area contributed by atoms with E-state index in [0.717, 1.165) is 29.0 Å². The Labute approximate surface area is 127 Å². The summed E-state index contributed by atoms with van der Waals surface area (Å²) in [6.45, 7) is 2.87. The van der Waals surface area contributed by atoms with Gasteiger partial charge >= 0.3 is 0 Å². The standard InChI is InChI=1S/C15H17N3O2S/c1-9-13(6-7-20-9)21-14-8-11(15(16)18-19)10-4-2-3-5-12(10)17-14/h2-5,8-9,13,19H,6-7H2,1H3,(H2,16,18). The van der Waals surface area contributed by atoms with Gasteiger partial charge in [-0.3, -0.25) is 0 Å². The van der Waals surface area contributed by atoms with Gasteiger partial charge in [0.2, 0.25) is 0 Å². The van der Waals surface area contributed by atoms with Gasteiger partial charge in [0.15, 0.2) is 5.84 Å². The highest BCUT2D eigenvalue weighted by Crippen LogP contribution is 2.33. The zero-order valence-electron chi connectivity index (χ0n) is 11.7. The Balaban J connectivity index is 2.03. The summed E-state index contributed by atoms with van der Waals surface area (Å²) in [6, 6.07) is 9.58. The molecule has 0 aliphatic carbocycles. The Bertz CT molecular complexity index is 690. The number of hydrogen-bond acceptors (Lipinski definition) is 5. The molecule has 1 aromatic heterocycles. The molecule has 110 valence electrons. The Morgan fingerprint density at radius 3 is 3.00 bits per heavy atom. The molecule has 1 aromatic carbocycles. The highest BCUT2D eigenvalue weighted by Gasteiger charge is 2.26. The molecule has 0 bridgehead atoms. The van der Waals surface area contributed by atoms with E-state index in [0.29, 0.717) is 10.8 Å². The Hall–Kier alpha value is -1.79. The number of aromatic nitrogens is 1. The molecule has 5 nitrogen and oxygen atoms in total. The molecule has 0 radical (unpaired) electrons. The minimum Gasteiger partial charge on any atom is -0.409 e. The number of pyridine rings is 1. The van der Waals surface area contributed by atoms with E-state index in [2.05, 4.69) is 17.1 Å². The zero-order chi connectivity index (χ0) is 14.8. The Kier molecular flexibility index (Phi) is 3.98. The summed E-state index contributed by atoms with van der Waals surface area (Å²) in [6.07, 6.45) is 1.23. The van der Waals surface area contributed by atoms with Crippen LogP contribution in [0.1, 0.15) is 18.9 Å². The maximum atomic E-state index is 8.98. The summed E-state index contributed by atoms with van der Waals surface area (Å²) in [4.78, 5) is 4.67. The first kappa shape index (κ1) is 14.2. The van der Waals surface area contributed by atoms with Crippen molar-refractivity contribution >= 4 is 28.5 Å². The fourth-order valence-electron chi connectivity index (χ4n) is 2.50. The molecular weight excluding hydrogens is 286 g/mol. The van der Waals surface area contributed by atoms with Gasteiger partial charge in [0.1, 0.15) is 0 Å². The predicted octanol–water partition coefficient (Wildman–Crippen LogP) is 2.60. The van der Waals surface area contributed by atoms with Gasteiger partial charge in [-0.2, -0.15) is 0 Å². The number of benzene rings is 1. The molecule has 2 unspecified atom stereocenters. The number of para-hydroxylation sites is 1. The minimum atomic E-state index is 0.103. The van der Waals surface area contributed by atoms with Crippen LogP contribution in [0, 0.1) is 0 Å². The van der Waals surface area contributed by atoms with Gasteiger partial charge in [-0.1, -0.05) is 23.4 Å². The molecule has 2 heterocycles. The average molecular weight is 303 g/mol. The number of rotatable bonds is 3. The minimum absolute atomic E-state index is 0.103. The second kappa shape index (κ2) is 5.91. The number of oxime groups is 1. The van der Waals surface area contributed by atoms with Crippen molar-refractivity contribution in [1.29, 1.82) is 0 Å². The van der Waals surface area contributed by atoms with Crippen molar-refractivity contribution in [3.05, 3.63) is 35.9 Å². The van der Waals surface area contributed by atoms with Crippen LogP contribution in [0.3, 0.4) is 0 Å². The number of nitrogens with two attached hydrogens (primary N) is 1. The first-order valence-electron chi connectivity index (χ1n) is 6.85. The summed E-state index contributed by atoms with van der Waals surface area (Å²) in [5, 5.41) is 14.3. The molecule has 6 heteroatoms. The van der Waals surface area contributed by atoms with Crippen molar-refractivity contribution in [2.45, 2.75) is 29.7 Å². The lowest BCUT2D eigenvalue weighted by atomic mass is 10.1. The molecule has 1 aliphatic rings. The predicted molar refractivity (Wildman–Crippen MR) is 83.9 cm³/mol. The summed E-state index contributed by atoms with van der Waals surface area (Å²) in [5.74, 6) is 0.103. The molecule has 3 rings (SSSR count). The quantitative estimate of drug-likeness (QED) is 0.394. The smallest absolute Gasteiger partial charge is 0.170 e. The van der Waals surface area contributed by atoms with E-state index in [9.17, 15) is 0 Å². The van der Waals surface area contributed by atoms with Crippen molar-refractivity contribution in [1.82, 2.24) is 4.98 Å². The summed E-state index contributed by atoms with van der Waals surface area (Å²) < 4.78 is 5.59. The second-order valence-corrected chi connectivity index (χ2v) is 6.29. The fourth-order valence-corrected chi connectivity index (χ4v) is 3.63. The normalized spacial score (nSPS) is 22.8. The van der Waals surface area contributed by atoms with Crippen LogP contribution in [-0.4, -0.2) is 34.0 Å². The van der Waals surface area contributed by atoms with Crippen LogP contribution < -0.4 is 5.73 Å². The van der Waals surface area contributed by atoms with Gasteiger partial charge in [0, 0.05) is 22.8 Å². The van der Waals surface area contributed by atoms with Gasteiger partial charge in [-0.05, 0) is 25.5 Å². The number of ether oxygens (including phenoxy) is 1. The number of nitrogens with zero attached hydrogens (tertiary/aromatic N) is 2. The molecular formula is C15H17N3O2S. The Morgan fingerprint density at radius 1 is 1.48 bits per heavy atom. The molecule has 1 saturated heterocycles. The third-order valence-corrected chi connectivity index (χ3v) is 5.03. The topological polar surface area (TPSA) is 80.7 Å². The molecule has 2 atom stereocenters. The first-order valence-corrected chi connectivity index (χ1v) is 7.73. The maximum Gasteiger partial charge on any atom is 0.170 e. The molecule has 1 fully saturated rings. The van der Waals surface area contributed by atoms with Crippen molar-refractivity contribution in [3.63, 3.8) is 0 Å². The molecule has 2 aromatic rings. The van der Waals surface area contributed by atoms with Gasteiger partial charge in [0.05, 0.1) is 16.6 Å². The van der Waals surface area contributed by atoms with E-state index in [4.69, 9.17) is 15.7 Å². The van der Waals surface area contributed by atoms with Crippen molar-refractivity contribution in [2.75, 3.05) is 6.61 Å². The van der Waals surface area contributed by atoms with Crippen LogP contribution in [0.4, 0.5) is 0 Å². The van der Waals surface area contributed by atoms with Crippen molar-refractivity contribution < 1.29 is 9.94 Å². The number of amidine groups is 1. The molecule has 0 saturated carbocycles. The van der Waals surface area contributed by atoms with Crippen molar-refractivity contribution in [3.8, 4) is 0 Å². The third-order valence-electron chi connectivity index (χ3n) is 3.66. The fraction of sp³-hybridized carbons (Fsp3) is 0.333. The number of hydrogen-bond donors (Lipinski definition) is 2. The highest BCUT2D eigenvalue weighted by molar-refractivity contribution is 7.99. The van der Waals surface area contributed by atoms with E-state index in [1.54, 1.807) is 11.8 Å². The lowest BCUT2D eigenvalue weighted by Crippen LogP contribution is -2.16. The van der Waals surface area contributed by atoms with Crippen LogP contribution in [0.2, 0.25) is 0 Å². The monoisotopic (exact) mass is 303 g/mol. The maximum absolute atomic E-state index is 8.98. The van der Waals surface area contributed by atoms with Crippen LogP contribution in [0.5, 0.6) is 0 Å². The summed E-state index contributed by atoms with van der Waals surface area (Å²) in [5.41, 5.74) is 7.35. The van der Waals surface area contributed by atoms with E-state index in [1.807, 2.05) is 30.3 Å². The Morgan fingerprint density at radius 2 is 2.29 bits per heavy atom. The lowest BCUT2D eigenvalue weighted by molar-refractivity contribution is 0.127. The molecule has 3 N–H and O–H groups in total. The highest BCUT2D eigenvalue weighted by atomic mass is 32.2. The number of thioether (sulfide) groups is 1. The van der Waals surface area contributed by atoms with Crippen LogP contribution in [-0.2, 0) is 4.74 Å². The summed E-state index contributed by atoms with van der Waals surface area (Å²) in [7, 11) is 0. The van der Waals surface area contributed by atoms with Crippen LogP contribution in [0.15, 0.2) is 40.5 Å². The van der Waals surface area contributed by atoms with E-state index in [1.165, 1.54) is 0 Å². The summed E-state index contributed by atoms with van der Waals surface area (Å²) >= 11 is 1.69. The van der Waals surface area contributed by atoms with Crippen LogP contribution >= 0.6 is 11.8 Å². The SMILES string of the molecule is CC1OCCC1Sc1cc(/C(N)=N/O)c2ccccc2n1. The molecule has 0 amide bonds. The lowest BCUT2D eigenvalue weighted by Gasteiger charge is -2.14. The zero-order valence-corrected chi connectivity index (χ0v) is 12.5.